The van der Waals surface area contributed by atoms with Gasteiger partial charge in [-0.2, -0.15) is 13.2 Å². The highest BCUT2D eigenvalue weighted by Crippen LogP contribution is 2.35. The van der Waals surface area contributed by atoms with E-state index in [9.17, 15) is 21.6 Å². The maximum absolute atomic E-state index is 13.0. The molecule has 0 saturated heterocycles. The predicted octanol–water partition coefficient (Wildman–Crippen LogP) is 4.18. The minimum absolute atomic E-state index is 0.287. The maximum Gasteiger partial charge on any atom is 0.435 e. The van der Waals surface area contributed by atoms with E-state index in [1.165, 1.54) is 12.1 Å². The first kappa shape index (κ1) is 19.1. The van der Waals surface area contributed by atoms with Gasteiger partial charge in [-0.3, -0.25) is 4.72 Å². The zero-order valence-corrected chi connectivity index (χ0v) is 14.3. The van der Waals surface area contributed by atoms with Crippen LogP contribution in [-0.4, -0.2) is 20.5 Å². The Morgan fingerprint density at radius 3 is 2.56 bits per heavy atom. The van der Waals surface area contributed by atoms with Crippen molar-refractivity contribution in [1.82, 2.24) is 4.98 Å². The number of aromatic nitrogens is 1. The molecule has 1 heterocycles. The highest BCUT2D eigenvalue weighted by atomic mass is 35.5. The monoisotopic (exact) mass is 392 g/mol. The van der Waals surface area contributed by atoms with E-state index in [4.69, 9.17) is 11.6 Å². The van der Waals surface area contributed by atoms with Crippen LogP contribution in [0.5, 0.6) is 5.88 Å². The highest BCUT2D eigenvalue weighted by molar-refractivity contribution is 7.95. The standard InChI is InChI=1S/C15H12ClF3N2O3S/c1-24-13-6-5-12(14(20-13)15(17,18)19)21-25(22,23)8-7-10-3-2-4-11(16)9-10/h2-9,21H,1H3. The summed E-state index contributed by atoms with van der Waals surface area (Å²) in [6.07, 6.45) is -3.65. The van der Waals surface area contributed by atoms with E-state index < -0.39 is 27.6 Å². The van der Waals surface area contributed by atoms with Gasteiger partial charge in [-0.05, 0) is 29.8 Å². The molecule has 1 aromatic heterocycles. The van der Waals surface area contributed by atoms with Gasteiger partial charge in [-0.15, -0.1) is 0 Å². The molecule has 0 amide bonds. The molecule has 0 aliphatic carbocycles. The molecule has 2 aromatic rings. The SMILES string of the molecule is COc1ccc(NS(=O)(=O)C=Cc2cccc(Cl)c2)c(C(F)(F)F)n1. The van der Waals surface area contributed by atoms with Gasteiger partial charge in [0.05, 0.1) is 18.2 Å². The van der Waals surface area contributed by atoms with Crippen molar-refractivity contribution in [3.8, 4) is 5.88 Å². The van der Waals surface area contributed by atoms with Crippen molar-refractivity contribution < 1.29 is 26.3 Å². The molecule has 1 N–H and O–H groups in total. The van der Waals surface area contributed by atoms with Crippen molar-refractivity contribution in [1.29, 1.82) is 0 Å². The minimum atomic E-state index is -4.86. The number of ether oxygens (including phenoxy) is 1. The van der Waals surface area contributed by atoms with Crippen LogP contribution in [0.15, 0.2) is 41.8 Å². The summed E-state index contributed by atoms with van der Waals surface area (Å²) in [5.41, 5.74) is -1.63. The van der Waals surface area contributed by atoms with Crippen molar-refractivity contribution in [2.45, 2.75) is 6.18 Å². The van der Waals surface area contributed by atoms with Crippen LogP contribution in [0.1, 0.15) is 11.3 Å². The summed E-state index contributed by atoms with van der Waals surface area (Å²) < 4.78 is 69.7. The molecule has 0 bridgehead atoms. The number of hydrogen-bond donors (Lipinski definition) is 1. The second-order valence-electron chi connectivity index (χ2n) is 4.75. The van der Waals surface area contributed by atoms with Crippen LogP contribution in [-0.2, 0) is 16.2 Å². The molecule has 0 spiro atoms. The number of rotatable bonds is 5. The smallest absolute Gasteiger partial charge is 0.435 e. The number of anilines is 1. The van der Waals surface area contributed by atoms with Gasteiger partial charge in [0.25, 0.3) is 10.0 Å². The topological polar surface area (TPSA) is 68.3 Å². The van der Waals surface area contributed by atoms with Gasteiger partial charge in [0.15, 0.2) is 5.69 Å². The van der Waals surface area contributed by atoms with Gasteiger partial charge < -0.3 is 4.74 Å². The number of benzene rings is 1. The molecule has 0 unspecified atom stereocenters. The fraction of sp³-hybridized carbons (Fsp3) is 0.133. The molecule has 0 aliphatic rings. The molecular formula is C15H12ClF3N2O3S. The number of sulfonamides is 1. The van der Waals surface area contributed by atoms with Gasteiger partial charge in [-0.1, -0.05) is 23.7 Å². The number of halogens is 4. The third-order valence-electron chi connectivity index (χ3n) is 2.89. The number of nitrogens with zero attached hydrogens (tertiary/aromatic N) is 1. The lowest BCUT2D eigenvalue weighted by Gasteiger charge is -2.13. The van der Waals surface area contributed by atoms with E-state index in [1.807, 2.05) is 4.72 Å². The number of nitrogens with one attached hydrogen (secondary N) is 1. The molecule has 1 aromatic carbocycles. The Morgan fingerprint density at radius 1 is 1.24 bits per heavy atom. The van der Waals surface area contributed by atoms with Crippen molar-refractivity contribution >= 4 is 33.4 Å². The van der Waals surface area contributed by atoms with E-state index in [1.54, 1.807) is 18.2 Å². The van der Waals surface area contributed by atoms with Crippen molar-refractivity contribution in [2.24, 2.45) is 0 Å². The van der Waals surface area contributed by atoms with Gasteiger partial charge in [0.1, 0.15) is 0 Å². The summed E-state index contributed by atoms with van der Waals surface area (Å²) in [7, 11) is -3.05. The maximum atomic E-state index is 13.0. The van der Waals surface area contributed by atoms with Crippen molar-refractivity contribution in [3.05, 3.63) is 58.1 Å². The summed E-state index contributed by atoms with van der Waals surface area (Å²) in [6.45, 7) is 0. The minimum Gasteiger partial charge on any atom is -0.481 e. The summed E-state index contributed by atoms with van der Waals surface area (Å²) in [4.78, 5) is 3.26. The van der Waals surface area contributed by atoms with E-state index in [-0.39, 0.29) is 5.88 Å². The lowest BCUT2D eigenvalue weighted by Crippen LogP contribution is -2.17. The Bertz CT molecular complexity index is 899. The average molecular weight is 393 g/mol. The van der Waals surface area contributed by atoms with E-state index in [2.05, 4.69) is 9.72 Å². The van der Waals surface area contributed by atoms with Gasteiger partial charge >= 0.3 is 6.18 Å². The Labute approximate surface area is 147 Å². The molecule has 5 nitrogen and oxygen atoms in total. The summed E-state index contributed by atoms with van der Waals surface area (Å²) in [5, 5.41) is 1.13. The zero-order valence-electron chi connectivity index (χ0n) is 12.7. The Kier molecular flexibility index (Phi) is 5.58. The summed E-state index contributed by atoms with van der Waals surface area (Å²) in [6, 6.07) is 8.35. The normalized spacial score (nSPS) is 12.4. The summed E-state index contributed by atoms with van der Waals surface area (Å²) >= 11 is 5.78. The third-order valence-corrected chi connectivity index (χ3v) is 4.12. The second kappa shape index (κ2) is 7.32. The zero-order chi connectivity index (χ0) is 18.7. The van der Waals surface area contributed by atoms with Gasteiger partial charge in [-0.25, -0.2) is 13.4 Å². The molecule has 0 aliphatic heterocycles. The van der Waals surface area contributed by atoms with Crippen LogP contribution >= 0.6 is 11.6 Å². The van der Waals surface area contributed by atoms with Crippen LogP contribution < -0.4 is 9.46 Å². The third kappa shape index (κ3) is 5.36. The van der Waals surface area contributed by atoms with Crippen LogP contribution in [0.4, 0.5) is 18.9 Å². The second-order valence-corrected chi connectivity index (χ2v) is 6.76. The molecule has 0 saturated carbocycles. The molecule has 2 rings (SSSR count). The molecule has 0 fully saturated rings. The van der Waals surface area contributed by atoms with Gasteiger partial charge in [0.2, 0.25) is 5.88 Å². The molecule has 0 atom stereocenters. The number of alkyl halides is 3. The largest absolute Gasteiger partial charge is 0.481 e. The van der Waals surface area contributed by atoms with Gasteiger partial charge in [0, 0.05) is 11.1 Å². The Balaban J connectivity index is 2.31. The highest BCUT2D eigenvalue weighted by Gasteiger charge is 2.37. The van der Waals surface area contributed by atoms with Crippen LogP contribution in [0, 0.1) is 0 Å². The van der Waals surface area contributed by atoms with Crippen LogP contribution in [0.25, 0.3) is 6.08 Å². The Morgan fingerprint density at radius 2 is 1.96 bits per heavy atom. The van der Waals surface area contributed by atoms with E-state index in [0.717, 1.165) is 24.7 Å². The molecule has 0 radical (unpaired) electrons. The fourth-order valence-electron chi connectivity index (χ4n) is 1.82. The first-order valence-electron chi connectivity index (χ1n) is 6.69. The van der Waals surface area contributed by atoms with Crippen LogP contribution in [0.3, 0.4) is 0 Å². The molecule has 134 valence electrons. The summed E-state index contributed by atoms with van der Waals surface area (Å²) in [5.74, 6) is -0.287. The molecule has 10 heteroatoms. The molecule has 25 heavy (non-hydrogen) atoms. The first-order valence-corrected chi connectivity index (χ1v) is 8.62. The fourth-order valence-corrected chi connectivity index (χ4v) is 2.89. The average Bonchev–Trinajstić information content (AvgIpc) is 2.52. The lowest BCUT2D eigenvalue weighted by atomic mass is 10.2. The predicted molar refractivity (Wildman–Crippen MR) is 88.8 cm³/mol. The first-order chi connectivity index (χ1) is 11.6. The number of methoxy groups -OCH3 is 1. The lowest BCUT2D eigenvalue weighted by molar-refractivity contribution is -0.140. The number of pyridine rings is 1. The van der Waals surface area contributed by atoms with Crippen molar-refractivity contribution in [2.75, 3.05) is 11.8 Å². The van der Waals surface area contributed by atoms with Crippen LogP contribution in [0.2, 0.25) is 5.02 Å². The van der Waals surface area contributed by atoms with E-state index >= 15 is 0 Å². The Hall–Kier alpha value is -2.26. The quantitative estimate of drug-likeness (QED) is 0.829. The van der Waals surface area contributed by atoms with Crippen molar-refractivity contribution in [3.63, 3.8) is 0 Å². The number of hydrogen-bond acceptors (Lipinski definition) is 4. The van der Waals surface area contributed by atoms with E-state index in [0.29, 0.717) is 10.6 Å². The molecular weight excluding hydrogens is 381 g/mol.